The van der Waals surface area contributed by atoms with Crippen molar-refractivity contribution in [2.75, 3.05) is 18.9 Å². The summed E-state index contributed by atoms with van der Waals surface area (Å²) in [7, 11) is 1.93. The van der Waals surface area contributed by atoms with Crippen molar-refractivity contribution in [2.45, 2.75) is 19.9 Å². The maximum atomic E-state index is 12.3. The minimum Gasteiger partial charge on any atom is -0.325 e. The molecule has 1 amide bonds. The number of anilines is 1. The van der Waals surface area contributed by atoms with Crippen LogP contribution in [0, 0.1) is 6.92 Å². The van der Waals surface area contributed by atoms with Gasteiger partial charge >= 0.3 is 0 Å². The molecule has 6 nitrogen and oxygen atoms in total. The first-order valence-electron chi connectivity index (χ1n) is 8.65. The molecule has 0 saturated heterocycles. The normalized spacial score (nSPS) is 12.2. The van der Waals surface area contributed by atoms with E-state index in [-0.39, 0.29) is 18.5 Å². The molecule has 27 heavy (non-hydrogen) atoms. The van der Waals surface area contributed by atoms with E-state index in [0.29, 0.717) is 10.7 Å². The van der Waals surface area contributed by atoms with Crippen molar-refractivity contribution in [1.29, 1.82) is 0 Å². The number of aromatic nitrogens is 3. The standard InChI is InChI=1S/C20H22ClN5O/c1-14-4-7-17(10-19(14)21)24-20(27)11-25(3)15(2)16-5-8-18(9-6-16)26-13-22-12-23-26/h4-10,12-13,15H,11H2,1-3H3,(H,24,27)/t15-/m0/s1. The molecule has 0 aliphatic carbocycles. The number of halogens is 1. The van der Waals surface area contributed by atoms with Crippen LogP contribution in [0.1, 0.15) is 24.1 Å². The molecule has 2 aromatic carbocycles. The number of carbonyl (C=O) groups is 1. The fourth-order valence-electron chi connectivity index (χ4n) is 2.74. The van der Waals surface area contributed by atoms with E-state index >= 15 is 0 Å². The Labute approximate surface area is 163 Å². The van der Waals surface area contributed by atoms with Crippen molar-refractivity contribution >= 4 is 23.2 Å². The van der Waals surface area contributed by atoms with Crippen LogP contribution in [0.15, 0.2) is 55.1 Å². The van der Waals surface area contributed by atoms with Crippen LogP contribution in [0.4, 0.5) is 5.69 Å². The number of rotatable bonds is 6. The third-order valence-corrected chi connectivity index (χ3v) is 4.98. The first-order chi connectivity index (χ1) is 12.9. The van der Waals surface area contributed by atoms with Crippen molar-refractivity contribution < 1.29 is 4.79 Å². The molecule has 0 saturated carbocycles. The third-order valence-electron chi connectivity index (χ3n) is 4.57. The first-order valence-corrected chi connectivity index (χ1v) is 9.03. The molecule has 0 aliphatic rings. The van der Waals surface area contributed by atoms with Crippen molar-refractivity contribution in [3.63, 3.8) is 0 Å². The number of hydrogen-bond acceptors (Lipinski definition) is 4. The van der Waals surface area contributed by atoms with Crippen LogP contribution in [0.2, 0.25) is 5.02 Å². The van der Waals surface area contributed by atoms with Gasteiger partial charge in [-0.15, -0.1) is 0 Å². The summed E-state index contributed by atoms with van der Waals surface area (Å²) >= 11 is 6.11. The average Bonchev–Trinajstić information content (AvgIpc) is 3.19. The van der Waals surface area contributed by atoms with E-state index in [1.165, 1.54) is 6.33 Å². The summed E-state index contributed by atoms with van der Waals surface area (Å²) in [5, 5.41) is 7.65. The van der Waals surface area contributed by atoms with Crippen LogP contribution in [0.5, 0.6) is 0 Å². The molecule has 1 N–H and O–H groups in total. The van der Waals surface area contributed by atoms with Gasteiger partial charge in [0.25, 0.3) is 0 Å². The number of hydrogen-bond donors (Lipinski definition) is 1. The first kappa shape index (κ1) is 19.1. The van der Waals surface area contributed by atoms with E-state index in [0.717, 1.165) is 16.8 Å². The van der Waals surface area contributed by atoms with E-state index in [1.807, 2.05) is 55.3 Å². The number of amides is 1. The molecule has 140 valence electrons. The number of likely N-dealkylation sites (N-methyl/N-ethyl adjacent to an activating group) is 1. The molecular weight excluding hydrogens is 362 g/mol. The van der Waals surface area contributed by atoms with Gasteiger partial charge in [0.2, 0.25) is 5.91 Å². The Bertz CT molecular complexity index is 909. The van der Waals surface area contributed by atoms with Gasteiger partial charge in [-0.3, -0.25) is 9.69 Å². The zero-order valence-electron chi connectivity index (χ0n) is 15.6. The number of carbonyl (C=O) groups excluding carboxylic acids is 1. The minimum atomic E-state index is -0.0801. The molecule has 7 heteroatoms. The molecule has 1 heterocycles. The van der Waals surface area contributed by atoms with Crippen molar-refractivity contribution in [1.82, 2.24) is 19.7 Å². The van der Waals surface area contributed by atoms with Gasteiger partial charge < -0.3 is 5.32 Å². The van der Waals surface area contributed by atoms with E-state index in [2.05, 4.69) is 22.3 Å². The Morgan fingerprint density at radius 3 is 2.63 bits per heavy atom. The van der Waals surface area contributed by atoms with E-state index in [4.69, 9.17) is 11.6 Å². The smallest absolute Gasteiger partial charge is 0.238 e. The lowest BCUT2D eigenvalue weighted by molar-refractivity contribution is -0.117. The maximum absolute atomic E-state index is 12.3. The van der Waals surface area contributed by atoms with Crippen LogP contribution in [-0.2, 0) is 4.79 Å². The largest absolute Gasteiger partial charge is 0.325 e. The molecule has 0 fully saturated rings. The second kappa shape index (κ2) is 8.33. The second-order valence-corrected chi connectivity index (χ2v) is 6.94. The van der Waals surface area contributed by atoms with E-state index < -0.39 is 0 Å². The summed E-state index contributed by atoms with van der Waals surface area (Å²) in [5.74, 6) is -0.0801. The monoisotopic (exact) mass is 383 g/mol. The van der Waals surface area contributed by atoms with Gasteiger partial charge in [0.05, 0.1) is 12.2 Å². The number of aryl methyl sites for hydroxylation is 1. The van der Waals surface area contributed by atoms with Crippen LogP contribution < -0.4 is 5.32 Å². The Kier molecular flexibility index (Phi) is 5.88. The highest BCUT2D eigenvalue weighted by atomic mass is 35.5. The zero-order chi connectivity index (χ0) is 19.4. The zero-order valence-corrected chi connectivity index (χ0v) is 16.3. The SMILES string of the molecule is Cc1ccc(NC(=O)CN(C)[C@@H](C)c2ccc(-n3cncn3)cc2)cc1Cl. The summed E-state index contributed by atoms with van der Waals surface area (Å²) in [5.41, 5.74) is 3.75. The molecule has 3 rings (SSSR count). The van der Waals surface area contributed by atoms with Crippen LogP contribution >= 0.6 is 11.6 Å². The maximum Gasteiger partial charge on any atom is 0.238 e. The summed E-state index contributed by atoms with van der Waals surface area (Å²) in [4.78, 5) is 18.3. The van der Waals surface area contributed by atoms with Gasteiger partial charge in [0.1, 0.15) is 12.7 Å². The molecule has 3 aromatic rings. The molecular formula is C20H22ClN5O. The summed E-state index contributed by atoms with van der Waals surface area (Å²) in [6.45, 7) is 4.27. The highest BCUT2D eigenvalue weighted by Gasteiger charge is 2.15. The van der Waals surface area contributed by atoms with Crippen LogP contribution in [0.25, 0.3) is 5.69 Å². The summed E-state index contributed by atoms with van der Waals surface area (Å²) in [6, 6.07) is 13.6. The Balaban J connectivity index is 1.60. The highest BCUT2D eigenvalue weighted by molar-refractivity contribution is 6.31. The van der Waals surface area contributed by atoms with Crippen molar-refractivity contribution in [2.24, 2.45) is 0 Å². The topological polar surface area (TPSA) is 63.1 Å². The lowest BCUT2D eigenvalue weighted by Crippen LogP contribution is -2.32. The number of benzene rings is 2. The quantitative estimate of drug-likeness (QED) is 0.702. The molecule has 0 radical (unpaired) electrons. The van der Waals surface area contributed by atoms with Gasteiger partial charge in [-0.25, -0.2) is 9.67 Å². The van der Waals surface area contributed by atoms with Crippen molar-refractivity contribution in [3.05, 3.63) is 71.3 Å². The second-order valence-electron chi connectivity index (χ2n) is 6.53. The predicted molar refractivity (Wildman–Crippen MR) is 107 cm³/mol. The summed E-state index contributed by atoms with van der Waals surface area (Å²) in [6.07, 6.45) is 3.16. The van der Waals surface area contributed by atoms with Gasteiger partial charge in [-0.05, 0) is 56.3 Å². The molecule has 0 spiro atoms. The van der Waals surface area contributed by atoms with Gasteiger partial charge in [-0.2, -0.15) is 5.10 Å². The number of nitrogens with one attached hydrogen (secondary N) is 1. The van der Waals surface area contributed by atoms with Crippen molar-refractivity contribution in [3.8, 4) is 5.69 Å². The van der Waals surface area contributed by atoms with Gasteiger partial charge in [0.15, 0.2) is 0 Å². The Morgan fingerprint density at radius 2 is 2.00 bits per heavy atom. The molecule has 0 aliphatic heterocycles. The van der Waals surface area contributed by atoms with Crippen LogP contribution in [-0.4, -0.2) is 39.2 Å². The highest BCUT2D eigenvalue weighted by Crippen LogP contribution is 2.22. The predicted octanol–water partition coefficient (Wildman–Crippen LogP) is 3.86. The summed E-state index contributed by atoms with van der Waals surface area (Å²) < 4.78 is 1.71. The third kappa shape index (κ3) is 4.72. The lowest BCUT2D eigenvalue weighted by atomic mass is 10.1. The van der Waals surface area contributed by atoms with Crippen LogP contribution in [0.3, 0.4) is 0 Å². The average molecular weight is 384 g/mol. The minimum absolute atomic E-state index is 0.0801. The van der Waals surface area contributed by atoms with Gasteiger partial charge in [0, 0.05) is 16.8 Å². The molecule has 1 aromatic heterocycles. The molecule has 1 atom stereocenters. The number of nitrogens with zero attached hydrogens (tertiary/aromatic N) is 4. The molecule has 0 bridgehead atoms. The fraction of sp³-hybridized carbons (Fsp3) is 0.250. The van der Waals surface area contributed by atoms with E-state index in [1.54, 1.807) is 17.1 Å². The van der Waals surface area contributed by atoms with E-state index in [9.17, 15) is 4.79 Å². The van der Waals surface area contributed by atoms with Gasteiger partial charge in [-0.1, -0.05) is 29.8 Å². The Morgan fingerprint density at radius 1 is 1.26 bits per heavy atom. The fourth-order valence-corrected chi connectivity index (χ4v) is 2.92. The Hall–Kier alpha value is -2.70. The molecule has 0 unspecified atom stereocenters. The lowest BCUT2D eigenvalue weighted by Gasteiger charge is -2.24.